The van der Waals surface area contributed by atoms with Crippen LogP contribution in [0, 0.1) is 0 Å². The quantitative estimate of drug-likeness (QED) is 0.277. The summed E-state index contributed by atoms with van der Waals surface area (Å²) in [5, 5.41) is 7.21. The number of methoxy groups -OCH3 is 1. The lowest BCUT2D eigenvalue weighted by Crippen LogP contribution is -2.13. The number of aromatic nitrogens is 2. The lowest BCUT2D eigenvalue weighted by atomic mass is 10.0. The Kier molecular flexibility index (Phi) is 6.68. The summed E-state index contributed by atoms with van der Waals surface area (Å²) in [4.78, 5) is 24.1. The summed E-state index contributed by atoms with van der Waals surface area (Å²) in [7, 11) is 5.57. The molecule has 5 aromatic rings. The normalized spacial score (nSPS) is 10.7. The van der Waals surface area contributed by atoms with E-state index in [1.807, 2.05) is 116 Å². The van der Waals surface area contributed by atoms with Gasteiger partial charge in [0.25, 0.3) is 5.91 Å². The van der Waals surface area contributed by atoms with Gasteiger partial charge < -0.3 is 20.3 Å². The molecule has 0 saturated carbocycles. The zero-order chi connectivity index (χ0) is 25.8. The number of anilines is 4. The first-order valence-electron chi connectivity index (χ1n) is 11.9. The maximum absolute atomic E-state index is 12.8. The minimum absolute atomic E-state index is 0.171. The van der Waals surface area contributed by atoms with Crippen LogP contribution in [0.5, 0.6) is 5.75 Å². The fraction of sp³-hybridized carbons (Fsp3) is 0.100. The van der Waals surface area contributed by atoms with Gasteiger partial charge in [-0.05, 0) is 71.8 Å². The molecule has 1 aromatic heterocycles. The van der Waals surface area contributed by atoms with Gasteiger partial charge in [0.15, 0.2) is 0 Å². The molecule has 7 nitrogen and oxygen atoms in total. The molecule has 37 heavy (non-hydrogen) atoms. The molecule has 0 bridgehead atoms. The molecule has 0 spiro atoms. The number of carbonyl (C=O) groups is 1. The molecular formula is C30H27N5O2. The van der Waals surface area contributed by atoms with Crippen molar-refractivity contribution in [1.82, 2.24) is 9.97 Å². The third kappa shape index (κ3) is 5.36. The van der Waals surface area contributed by atoms with Crippen LogP contribution in [0.1, 0.15) is 10.4 Å². The molecule has 4 aromatic carbocycles. The molecule has 2 N–H and O–H groups in total. The highest BCUT2D eigenvalue weighted by atomic mass is 16.5. The highest BCUT2D eigenvalue weighted by Gasteiger charge is 2.10. The van der Waals surface area contributed by atoms with Crippen molar-refractivity contribution in [3.05, 3.63) is 103 Å². The van der Waals surface area contributed by atoms with E-state index in [0.29, 0.717) is 17.2 Å². The fourth-order valence-electron chi connectivity index (χ4n) is 4.02. The van der Waals surface area contributed by atoms with Crippen molar-refractivity contribution in [2.45, 2.75) is 0 Å². The van der Waals surface area contributed by atoms with Gasteiger partial charge in [0, 0.05) is 36.4 Å². The van der Waals surface area contributed by atoms with E-state index >= 15 is 0 Å². The number of carbonyl (C=O) groups excluding carboxylic acids is 1. The third-order valence-electron chi connectivity index (χ3n) is 5.98. The number of amides is 1. The van der Waals surface area contributed by atoms with E-state index in [1.54, 1.807) is 7.11 Å². The van der Waals surface area contributed by atoms with Crippen molar-refractivity contribution < 1.29 is 9.53 Å². The highest BCUT2D eigenvalue weighted by molar-refractivity contribution is 6.04. The maximum Gasteiger partial charge on any atom is 0.255 e. The van der Waals surface area contributed by atoms with Gasteiger partial charge in [0.2, 0.25) is 5.95 Å². The second kappa shape index (κ2) is 10.4. The van der Waals surface area contributed by atoms with Crippen molar-refractivity contribution >= 4 is 40.0 Å². The number of nitrogens with one attached hydrogen (secondary N) is 2. The Labute approximate surface area is 215 Å². The fourth-order valence-corrected chi connectivity index (χ4v) is 4.02. The zero-order valence-electron chi connectivity index (χ0n) is 20.9. The van der Waals surface area contributed by atoms with Gasteiger partial charge in [-0.25, -0.2) is 4.98 Å². The van der Waals surface area contributed by atoms with Gasteiger partial charge >= 0.3 is 0 Å². The SMILES string of the molecule is COc1ccc(-c2ccc(C(=O)Nc3ccc(Nc4nc(N(C)C)c5ccccc5n4)cc3)cc2)cc1. The number of hydrogen-bond donors (Lipinski definition) is 2. The molecule has 184 valence electrons. The molecule has 0 unspecified atom stereocenters. The Morgan fingerprint density at radius 1 is 0.757 bits per heavy atom. The van der Waals surface area contributed by atoms with E-state index in [9.17, 15) is 4.79 Å². The molecule has 5 rings (SSSR count). The Bertz CT molecular complexity index is 1530. The van der Waals surface area contributed by atoms with Crippen molar-refractivity contribution in [1.29, 1.82) is 0 Å². The van der Waals surface area contributed by atoms with Gasteiger partial charge in [-0.1, -0.05) is 36.4 Å². The van der Waals surface area contributed by atoms with Crippen LogP contribution in [-0.4, -0.2) is 37.1 Å². The van der Waals surface area contributed by atoms with Crippen molar-refractivity contribution in [3.63, 3.8) is 0 Å². The molecule has 7 heteroatoms. The van der Waals surface area contributed by atoms with Crippen LogP contribution in [0.15, 0.2) is 97.1 Å². The predicted molar refractivity (Wildman–Crippen MR) is 150 cm³/mol. The molecule has 0 fully saturated rings. The third-order valence-corrected chi connectivity index (χ3v) is 5.98. The number of benzene rings is 4. The van der Waals surface area contributed by atoms with Gasteiger partial charge in [-0.2, -0.15) is 4.98 Å². The smallest absolute Gasteiger partial charge is 0.255 e. The van der Waals surface area contributed by atoms with Gasteiger partial charge in [0.1, 0.15) is 11.6 Å². The van der Waals surface area contributed by atoms with E-state index in [2.05, 4.69) is 20.6 Å². The molecule has 1 amide bonds. The number of fused-ring (bicyclic) bond motifs is 1. The molecule has 0 radical (unpaired) electrons. The monoisotopic (exact) mass is 489 g/mol. The van der Waals surface area contributed by atoms with Crippen LogP contribution in [-0.2, 0) is 0 Å². The summed E-state index contributed by atoms with van der Waals surface area (Å²) >= 11 is 0. The number of nitrogens with zero attached hydrogens (tertiary/aromatic N) is 3. The molecular weight excluding hydrogens is 462 g/mol. The van der Waals surface area contributed by atoms with Crippen LogP contribution in [0.25, 0.3) is 22.0 Å². The van der Waals surface area contributed by atoms with Crippen molar-refractivity contribution in [2.75, 3.05) is 36.7 Å². The first kappa shape index (κ1) is 23.8. The van der Waals surface area contributed by atoms with Crippen molar-refractivity contribution in [2.24, 2.45) is 0 Å². The topological polar surface area (TPSA) is 79.4 Å². The first-order chi connectivity index (χ1) is 18.0. The van der Waals surface area contributed by atoms with Crippen LogP contribution in [0.3, 0.4) is 0 Å². The number of rotatable bonds is 7. The van der Waals surface area contributed by atoms with E-state index in [4.69, 9.17) is 4.74 Å². The van der Waals surface area contributed by atoms with Crippen LogP contribution >= 0.6 is 0 Å². The molecule has 0 atom stereocenters. The summed E-state index contributed by atoms with van der Waals surface area (Å²) in [6, 6.07) is 30.7. The Balaban J connectivity index is 1.26. The zero-order valence-corrected chi connectivity index (χ0v) is 20.9. The Morgan fingerprint density at radius 2 is 1.38 bits per heavy atom. The first-order valence-corrected chi connectivity index (χ1v) is 11.9. The Morgan fingerprint density at radius 3 is 2.03 bits per heavy atom. The largest absolute Gasteiger partial charge is 0.497 e. The van der Waals surface area contributed by atoms with Gasteiger partial charge in [0.05, 0.1) is 12.6 Å². The van der Waals surface area contributed by atoms with E-state index in [0.717, 1.165) is 39.3 Å². The second-order valence-electron chi connectivity index (χ2n) is 8.74. The lowest BCUT2D eigenvalue weighted by Gasteiger charge is -2.16. The van der Waals surface area contributed by atoms with Crippen LogP contribution in [0.4, 0.5) is 23.1 Å². The maximum atomic E-state index is 12.8. The molecule has 0 saturated heterocycles. The minimum Gasteiger partial charge on any atom is -0.497 e. The lowest BCUT2D eigenvalue weighted by molar-refractivity contribution is 0.102. The second-order valence-corrected chi connectivity index (χ2v) is 8.74. The summed E-state index contributed by atoms with van der Waals surface area (Å²) in [5.41, 5.74) is 5.06. The number of hydrogen-bond acceptors (Lipinski definition) is 6. The molecule has 0 aliphatic rings. The molecule has 0 aliphatic heterocycles. The Hall–Kier alpha value is -4.91. The summed E-state index contributed by atoms with van der Waals surface area (Å²) in [6.07, 6.45) is 0. The predicted octanol–water partition coefficient (Wildman–Crippen LogP) is 6.37. The van der Waals surface area contributed by atoms with Gasteiger partial charge in [-0.3, -0.25) is 4.79 Å². The summed E-state index contributed by atoms with van der Waals surface area (Å²) in [5.74, 6) is 1.99. The van der Waals surface area contributed by atoms with E-state index in [1.165, 1.54) is 0 Å². The average molecular weight is 490 g/mol. The summed E-state index contributed by atoms with van der Waals surface area (Å²) < 4.78 is 5.21. The van der Waals surface area contributed by atoms with Gasteiger partial charge in [-0.15, -0.1) is 0 Å². The van der Waals surface area contributed by atoms with E-state index in [-0.39, 0.29) is 5.91 Å². The van der Waals surface area contributed by atoms with Crippen LogP contribution in [0.2, 0.25) is 0 Å². The average Bonchev–Trinajstić information content (AvgIpc) is 2.93. The molecule has 1 heterocycles. The number of ether oxygens (including phenoxy) is 1. The molecule has 0 aliphatic carbocycles. The standard InChI is InChI=1S/C30H27N5O2/c1-35(2)28-26-6-4-5-7-27(26)33-30(34-28)32-24-16-14-23(15-17-24)31-29(36)22-10-8-20(9-11-22)21-12-18-25(37-3)19-13-21/h4-19H,1-3H3,(H,31,36)(H,32,33,34). The minimum atomic E-state index is -0.171. The number of para-hydroxylation sites is 1. The van der Waals surface area contributed by atoms with Crippen molar-refractivity contribution in [3.8, 4) is 16.9 Å². The summed E-state index contributed by atoms with van der Waals surface area (Å²) in [6.45, 7) is 0. The van der Waals surface area contributed by atoms with E-state index < -0.39 is 0 Å². The van der Waals surface area contributed by atoms with Crippen LogP contribution < -0.4 is 20.3 Å². The highest BCUT2D eigenvalue weighted by Crippen LogP contribution is 2.26.